The summed E-state index contributed by atoms with van der Waals surface area (Å²) in [6.45, 7) is 0.200. The molecule has 0 spiro atoms. The Kier molecular flexibility index (Phi) is 4.37. The van der Waals surface area contributed by atoms with E-state index in [1.54, 1.807) is 18.2 Å². The van der Waals surface area contributed by atoms with Gasteiger partial charge in [-0.05, 0) is 30.2 Å². The normalized spacial score (nSPS) is 17.6. The van der Waals surface area contributed by atoms with Crippen molar-refractivity contribution in [2.45, 2.75) is 18.9 Å². The lowest BCUT2D eigenvalue weighted by molar-refractivity contribution is -0.138. The molecule has 1 atom stereocenters. The smallest absolute Gasteiger partial charge is 0.252 e. The first-order valence-electron chi connectivity index (χ1n) is 7.54. The van der Waals surface area contributed by atoms with Crippen molar-refractivity contribution < 1.29 is 14.0 Å². The maximum Gasteiger partial charge on any atom is 0.252 e. The predicted octanol–water partition coefficient (Wildman–Crippen LogP) is 2.61. The molecule has 2 aromatic rings. The molecule has 4 nitrogen and oxygen atoms in total. The summed E-state index contributed by atoms with van der Waals surface area (Å²) in [5.74, 6) is -0.791. The van der Waals surface area contributed by atoms with E-state index in [-0.39, 0.29) is 30.6 Å². The molecule has 2 amide bonds. The van der Waals surface area contributed by atoms with Gasteiger partial charge in [0.25, 0.3) is 5.91 Å². The lowest BCUT2D eigenvalue weighted by Gasteiger charge is -2.16. The van der Waals surface area contributed by atoms with E-state index in [9.17, 15) is 14.0 Å². The van der Waals surface area contributed by atoms with Crippen LogP contribution in [0.2, 0.25) is 0 Å². The molecule has 0 radical (unpaired) electrons. The van der Waals surface area contributed by atoms with E-state index in [1.165, 1.54) is 11.0 Å². The second kappa shape index (κ2) is 6.60. The van der Waals surface area contributed by atoms with Crippen LogP contribution in [0.5, 0.6) is 0 Å². The van der Waals surface area contributed by atoms with Gasteiger partial charge in [0.2, 0.25) is 5.91 Å². The first kappa shape index (κ1) is 15.2. The molecule has 118 valence electrons. The Bertz CT molecular complexity index is 718. The molecule has 0 saturated carbocycles. The lowest BCUT2D eigenvalue weighted by atomic mass is 10.1. The van der Waals surface area contributed by atoms with Crippen LogP contribution in [0.3, 0.4) is 0 Å². The minimum atomic E-state index is -0.550. The van der Waals surface area contributed by atoms with Crippen molar-refractivity contribution in [3.05, 3.63) is 66.0 Å². The Morgan fingerprint density at radius 1 is 1.04 bits per heavy atom. The highest BCUT2D eigenvalue weighted by molar-refractivity contribution is 6.06. The zero-order chi connectivity index (χ0) is 16.2. The maximum absolute atomic E-state index is 13.6. The summed E-state index contributed by atoms with van der Waals surface area (Å²) in [5, 5.41) is 3.07. The van der Waals surface area contributed by atoms with Crippen LogP contribution in [-0.2, 0) is 16.0 Å². The van der Waals surface area contributed by atoms with E-state index >= 15 is 0 Å². The van der Waals surface area contributed by atoms with Gasteiger partial charge < -0.3 is 5.32 Å². The largest absolute Gasteiger partial charge is 0.373 e. The molecule has 2 aromatic carbocycles. The van der Waals surface area contributed by atoms with Crippen molar-refractivity contribution in [1.29, 1.82) is 0 Å². The van der Waals surface area contributed by atoms with Gasteiger partial charge in [-0.15, -0.1) is 0 Å². The molecule has 23 heavy (non-hydrogen) atoms. The van der Waals surface area contributed by atoms with Crippen LogP contribution >= 0.6 is 0 Å². The number of rotatable bonds is 5. The Morgan fingerprint density at radius 3 is 2.48 bits per heavy atom. The molecular weight excluding hydrogens is 295 g/mol. The SMILES string of the molecule is O=C1CC(Nc2ccccc2)C(=O)N1CCc1ccccc1F. The second-order valence-corrected chi connectivity index (χ2v) is 5.49. The first-order chi connectivity index (χ1) is 11.1. The van der Waals surface area contributed by atoms with E-state index in [0.29, 0.717) is 12.0 Å². The van der Waals surface area contributed by atoms with Gasteiger partial charge in [0.05, 0.1) is 6.42 Å². The van der Waals surface area contributed by atoms with Gasteiger partial charge >= 0.3 is 0 Å². The molecule has 3 rings (SSSR count). The maximum atomic E-state index is 13.6. The van der Waals surface area contributed by atoms with Crippen molar-refractivity contribution >= 4 is 17.5 Å². The van der Waals surface area contributed by atoms with Gasteiger partial charge in [-0.2, -0.15) is 0 Å². The Hall–Kier alpha value is -2.69. The standard InChI is InChI=1S/C18H17FN2O2/c19-15-9-5-4-6-13(15)10-11-21-17(22)12-16(18(21)23)20-14-7-2-1-3-8-14/h1-9,16,20H,10-12H2. The molecule has 0 aromatic heterocycles. The van der Waals surface area contributed by atoms with Crippen LogP contribution in [0.25, 0.3) is 0 Å². The van der Waals surface area contributed by atoms with Gasteiger partial charge in [-0.1, -0.05) is 36.4 Å². The number of hydrogen-bond donors (Lipinski definition) is 1. The summed E-state index contributed by atoms with van der Waals surface area (Å²) in [6, 6.07) is 15.1. The van der Waals surface area contributed by atoms with E-state index in [0.717, 1.165) is 5.69 Å². The average Bonchev–Trinajstić information content (AvgIpc) is 2.82. The van der Waals surface area contributed by atoms with E-state index < -0.39 is 6.04 Å². The third kappa shape index (κ3) is 3.39. The zero-order valence-electron chi connectivity index (χ0n) is 12.5. The molecular formula is C18H17FN2O2. The van der Waals surface area contributed by atoms with Crippen LogP contribution in [0.15, 0.2) is 54.6 Å². The van der Waals surface area contributed by atoms with Crippen LogP contribution in [-0.4, -0.2) is 29.3 Å². The minimum Gasteiger partial charge on any atom is -0.373 e. The van der Waals surface area contributed by atoms with Crippen molar-refractivity contribution in [1.82, 2.24) is 4.90 Å². The number of halogens is 1. The monoisotopic (exact) mass is 312 g/mol. The number of carbonyl (C=O) groups excluding carboxylic acids is 2. The third-order valence-corrected chi connectivity index (χ3v) is 3.92. The first-order valence-corrected chi connectivity index (χ1v) is 7.54. The number of nitrogens with one attached hydrogen (secondary N) is 1. The minimum absolute atomic E-state index is 0.130. The lowest BCUT2D eigenvalue weighted by Crippen LogP contribution is -2.36. The molecule has 1 aliphatic heterocycles. The van der Waals surface area contributed by atoms with E-state index in [1.807, 2.05) is 30.3 Å². The van der Waals surface area contributed by atoms with Crippen LogP contribution in [0.1, 0.15) is 12.0 Å². The van der Waals surface area contributed by atoms with Gasteiger partial charge in [-0.25, -0.2) is 4.39 Å². The summed E-state index contributed by atoms with van der Waals surface area (Å²) in [6.07, 6.45) is 0.452. The molecule has 1 fully saturated rings. The molecule has 1 aliphatic rings. The van der Waals surface area contributed by atoms with Gasteiger partial charge in [0.15, 0.2) is 0 Å². The van der Waals surface area contributed by atoms with E-state index in [2.05, 4.69) is 5.32 Å². The number of likely N-dealkylation sites (tertiary alicyclic amines) is 1. The van der Waals surface area contributed by atoms with Crippen molar-refractivity contribution in [3.63, 3.8) is 0 Å². The summed E-state index contributed by atoms with van der Waals surface area (Å²) in [7, 11) is 0. The van der Waals surface area contributed by atoms with Crippen molar-refractivity contribution in [3.8, 4) is 0 Å². The fraction of sp³-hybridized carbons (Fsp3) is 0.222. The molecule has 1 unspecified atom stereocenters. The number of amides is 2. The fourth-order valence-corrected chi connectivity index (χ4v) is 2.70. The molecule has 0 bridgehead atoms. The molecule has 1 N–H and O–H groups in total. The Labute approximate surface area is 133 Å². The Balaban J connectivity index is 1.64. The highest BCUT2D eigenvalue weighted by atomic mass is 19.1. The highest BCUT2D eigenvalue weighted by Gasteiger charge is 2.38. The number of nitrogens with zero attached hydrogens (tertiary/aromatic N) is 1. The molecule has 0 aliphatic carbocycles. The van der Waals surface area contributed by atoms with Gasteiger partial charge in [0.1, 0.15) is 11.9 Å². The Morgan fingerprint density at radius 2 is 1.74 bits per heavy atom. The average molecular weight is 312 g/mol. The summed E-state index contributed by atoms with van der Waals surface area (Å²) in [5.41, 5.74) is 1.31. The topological polar surface area (TPSA) is 49.4 Å². The summed E-state index contributed by atoms with van der Waals surface area (Å²) < 4.78 is 13.6. The fourth-order valence-electron chi connectivity index (χ4n) is 2.70. The number of carbonyl (C=O) groups is 2. The van der Waals surface area contributed by atoms with Crippen LogP contribution in [0.4, 0.5) is 10.1 Å². The number of hydrogen-bond acceptors (Lipinski definition) is 3. The van der Waals surface area contributed by atoms with Crippen molar-refractivity contribution in [2.24, 2.45) is 0 Å². The summed E-state index contributed by atoms with van der Waals surface area (Å²) in [4.78, 5) is 25.7. The van der Waals surface area contributed by atoms with Crippen LogP contribution < -0.4 is 5.32 Å². The van der Waals surface area contributed by atoms with E-state index in [4.69, 9.17) is 0 Å². The molecule has 5 heteroatoms. The number of para-hydroxylation sites is 1. The zero-order valence-corrected chi connectivity index (χ0v) is 12.5. The quantitative estimate of drug-likeness (QED) is 0.864. The van der Waals surface area contributed by atoms with Gasteiger partial charge in [0, 0.05) is 12.2 Å². The third-order valence-electron chi connectivity index (χ3n) is 3.92. The highest BCUT2D eigenvalue weighted by Crippen LogP contribution is 2.19. The number of imide groups is 1. The second-order valence-electron chi connectivity index (χ2n) is 5.49. The summed E-state index contributed by atoms with van der Waals surface area (Å²) >= 11 is 0. The van der Waals surface area contributed by atoms with Gasteiger partial charge in [-0.3, -0.25) is 14.5 Å². The predicted molar refractivity (Wildman–Crippen MR) is 85.3 cm³/mol. The molecule has 1 saturated heterocycles. The van der Waals surface area contributed by atoms with Crippen LogP contribution in [0, 0.1) is 5.82 Å². The number of benzene rings is 2. The molecule has 1 heterocycles. The van der Waals surface area contributed by atoms with Crippen molar-refractivity contribution in [2.75, 3.05) is 11.9 Å². The number of anilines is 1.